The molecule has 0 spiro atoms. The summed E-state index contributed by atoms with van der Waals surface area (Å²) in [5.41, 5.74) is 1.16. The number of rotatable bonds is 9. The SMILES string of the molecule is CCNC(=O)[C@H](C)NC(=O)CSc1nnc(NCc2ccccc2)s1. The van der Waals surface area contributed by atoms with Gasteiger partial charge in [-0.3, -0.25) is 9.59 Å². The van der Waals surface area contributed by atoms with Crippen molar-refractivity contribution >= 4 is 40.0 Å². The Balaban J connectivity index is 1.73. The third kappa shape index (κ3) is 6.71. The van der Waals surface area contributed by atoms with Gasteiger partial charge in [0.1, 0.15) is 6.04 Å². The molecule has 0 bridgehead atoms. The molecule has 1 heterocycles. The maximum atomic E-state index is 11.9. The van der Waals surface area contributed by atoms with E-state index in [1.165, 1.54) is 23.1 Å². The number of thioether (sulfide) groups is 1. The van der Waals surface area contributed by atoms with Crippen LogP contribution in [-0.4, -0.2) is 40.4 Å². The van der Waals surface area contributed by atoms with Gasteiger partial charge in [0.2, 0.25) is 16.9 Å². The molecule has 9 heteroatoms. The Kier molecular flexibility index (Phi) is 7.68. The fourth-order valence-electron chi connectivity index (χ4n) is 1.92. The third-order valence-electron chi connectivity index (χ3n) is 3.14. The molecule has 2 aromatic rings. The van der Waals surface area contributed by atoms with Crippen LogP contribution in [0.3, 0.4) is 0 Å². The summed E-state index contributed by atoms with van der Waals surface area (Å²) in [6, 6.07) is 9.46. The van der Waals surface area contributed by atoms with E-state index in [4.69, 9.17) is 0 Å². The van der Waals surface area contributed by atoms with Crippen molar-refractivity contribution in [2.75, 3.05) is 17.6 Å². The smallest absolute Gasteiger partial charge is 0.242 e. The molecule has 0 aliphatic rings. The lowest BCUT2D eigenvalue weighted by molar-refractivity contribution is -0.127. The Morgan fingerprint density at radius 3 is 2.72 bits per heavy atom. The summed E-state index contributed by atoms with van der Waals surface area (Å²) in [4.78, 5) is 23.5. The Labute approximate surface area is 155 Å². The van der Waals surface area contributed by atoms with Crippen LogP contribution in [0.1, 0.15) is 19.4 Å². The number of benzene rings is 1. The molecule has 0 unspecified atom stereocenters. The topological polar surface area (TPSA) is 96.0 Å². The quantitative estimate of drug-likeness (QED) is 0.576. The van der Waals surface area contributed by atoms with E-state index in [-0.39, 0.29) is 17.6 Å². The van der Waals surface area contributed by atoms with Crippen LogP contribution in [0.2, 0.25) is 0 Å². The summed E-state index contributed by atoms with van der Waals surface area (Å²) in [5, 5.41) is 17.4. The number of carbonyl (C=O) groups excluding carboxylic acids is 2. The van der Waals surface area contributed by atoms with E-state index >= 15 is 0 Å². The van der Waals surface area contributed by atoms with E-state index < -0.39 is 6.04 Å². The zero-order chi connectivity index (χ0) is 18.1. The van der Waals surface area contributed by atoms with Gasteiger partial charge < -0.3 is 16.0 Å². The van der Waals surface area contributed by atoms with Crippen molar-refractivity contribution in [3.63, 3.8) is 0 Å². The summed E-state index contributed by atoms with van der Waals surface area (Å²) in [5.74, 6) is -0.209. The van der Waals surface area contributed by atoms with Crippen LogP contribution in [0.25, 0.3) is 0 Å². The third-order valence-corrected chi connectivity index (χ3v) is 5.16. The Morgan fingerprint density at radius 2 is 2.00 bits per heavy atom. The lowest BCUT2D eigenvalue weighted by Gasteiger charge is -2.12. The summed E-state index contributed by atoms with van der Waals surface area (Å²) in [6.45, 7) is 4.70. The van der Waals surface area contributed by atoms with Crippen LogP contribution >= 0.6 is 23.1 Å². The van der Waals surface area contributed by atoms with Crippen LogP contribution in [0.5, 0.6) is 0 Å². The highest BCUT2D eigenvalue weighted by Gasteiger charge is 2.15. The average molecular weight is 380 g/mol. The van der Waals surface area contributed by atoms with E-state index in [1.807, 2.05) is 37.3 Å². The minimum atomic E-state index is -0.550. The first-order valence-electron chi connectivity index (χ1n) is 7.89. The second-order valence-corrected chi connectivity index (χ2v) is 7.38. The molecule has 25 heavy (non-hydrogen) atoms. The molecule has 3 N–H and O–H groups in total. The number of likely N-dealkylation sites (N-methyl/N-ethyl adjacent to an activating group) is 1. The van der Waals surface area contributed by atoms with Gasteiger partial charge in [-0.1, -0.05) is 53.4 Å². The predicted octanol–water partition coefficient (Wildman–Crippen LogP) is 1.88. The van der Waals surface area contributed by atoms with E-state index in [1.54, 1.807) is 6.92 Å². The van der Waals surface area contributed by atoms with Crippen molar-refractivity contribution in [2.45, 2.75) is 30.8 Å². The van der Waals surface area contributed by atoms with Crippen LogP contribution < -0.4 is 16.0 Å². The van der Waals surface area contributed by atoms with Gasteiger partial charge in [-0.15, -0.1) is 10.2 Å². The number of amides is 2. The molecule has 1 atom stereocenters. The molecule has 0 fully saturated rings. The van der Waals surface area contributed by atoms with Crippen LogP contribution in [0.4, 0.5) is 5.13 Å². The lowest BCUT2D eigenvalue weighted by atomic mass is 10.2. The van der Waals surface area contributed by atoms with Gasteiger partial charge in [-0.05, 0) is 19.4 Å². The first-order chi connectivity index (χ1) is 12.1. The molecular formula is C16H21N5O2S2. The fourth-order valence-corrected chi connectivity index (χ4v) is 3.48. The van der Waals surface area contributed by atoms with Gasteiger partial charge in [-0.2, -0.15) is 0 Å². The summed E-state index contributed by atoms with van der Waals surface area (Å²) in [6.07, 6.45) is 0. The molecular weight excluding hydrogens is 358 g/mol. The Morgan fingerprint density at radius 1 is 1.24 bits per heavy atom. The highest BCUT2D eigenvalue weighted by molar-refractivity contribution is 8.01. The summed E-state index contributed by atoms with van der Waals surface area (Å²) >= 11 is 2.70. The number of anilines is 1. The molecule has 134 valence electrons. The molecule has 1 aromatic carbocycles. The van der Waals surface area contributed by atoms with Crippen LogP contribution in [-0.2, 0) is 16.1 Å². The van der Waals surface area contributed by atoms with E-state index in [0.717, 1.165) is 5.56 Å². The van der Waals surface area contributed by atoms with E-state index in [0.29, 0.717) is 22.6 Å². The second kappa shape index (κ2) is 10.00. The maximum Gasteiger partial charge on any atom is 0.242 e. The highest BCUT2D eigenvalue weighted by atomic mass is 32.2. The maximum absolute atomic E-state index is 11.9. The largest absolute Gasteiger partial charge is 0.356 e. The number of aromatic nitrogens is 2. The Bertz CT molecular complexity index is 693. The monoisotopic (exact) mass is 379 g/mol. The molecule has 1 aromatic heterocycles. The van der Waals surface area contributed by atoms with Gasteiger partial charge in [0.15, 0.2) is 4.34 Å². The minimum absolute atomic E-state index is 0.191. The molecule has 2 amide bonds. The van der Waals surface area contributed by atoms with Crippen molar-refractivity contribution in [1.29, 1.82) is 0 Å². The molecule has 0 aliphatic heterocycles. The number of hydrogen-bond donors (Lipinski definition) is 3. The van der Waals surface area contributed by atoms with Gasteiger partial charge in [0.25, 0.3) is 0 Å². The summed E-state index contributed by atoms with van der Waals surface area (Å²) < 4.78 is 0.705. The normalized spacial score (nSPS) is 11.6. The zero-order valence-electron chi connectivity index (χ0n) is 14.1. The van der Waals surface area contributed by atoms with Crippen LogP contribution in [0, 0.1) is 0 Å². The van der Waals surface area contributed by atoms with Crippen molar-refractivity contribution in [3.8, 4) is 0 Å². The second-order valence-electron chi connectivity index (χ2n) is 5.18. The number of nitrogens with zero attached hydrogens (tertiary/aromatic N) is 2. The van der Waals surface area contributed by atoms with E-state index in [2.05, 4.69) is 26.1 Å². The van der Waals surface area contributed by atoms with Crippen molar-refractivity contribution < 1.29 is 9.59 Å². The number of hydrogen-bond acceptors (Lipinski definition) is 7. The standard InChI is InChI=1S/C16H21N5O2S2/c1-3-17-14(23)11(2)19-13(22)10-24-16-21-20-15(25-16)18-9-12-7-5-4-6-8-12/h4-8,11H,3,9-10H2,1-2H3,(H,17,23)(H,18,20)(H,19,22)/t11-/m0/s1. The molecule has 2 rings (SSSR count). The van der Waals surface area contributed by atoms with Gasteiger partial charge in [0, 0.05) is 13.1 Å². The van der Waals surface area contributed by atoms with Crippen molar-refractivity contribution in [2.24, 2.45) is 0 Å². The highest BCUT2D eigenvalue weighted by Crippen LogP contribution is 2.25. The molecule has 0 aliphatic carbocycles. The minimum Gasteiger partial charge on any atom is -0.356 e. The average Bonchev–Trinajstić information content (AvgIpc) is 3.07. The van der Waals surface area contributed by atoms with Crippen LogP contribution in [0.15, 0.2) is 34.7 Å². The molecule has 0 saturated heterocycles. The predicted molar refractivity (Wildman–Crippen MR) is 101 cm³/mol. The molecule has 0 radical (unpaired) electrons. The first-order valence-corrected chi connectivity index (χ1v) is 9.70. The molecule has 0 saturated carbocycles. The number of carbonyl (C=O) groups is 2. The van der Waals surface area contributed by atoms with Crippen molar-refractivity contribution in [3.05, 3.63) is 35.9 Å². The van der Waals surface area contributed by atoms with Gasteiger partial charge in [-0.25, -0.2) is 0 Å². The van der Waals surface area contributed by atoms with Gasteiger partial charge >= 0.3 is 0 Å². The zero-order valence-corrected chi connectivity index (χ0v) is 15.7. The van der Waals surface area contributed by atoms with Gasteiger partial charge in [0.05, 0.1) is 5.75 Å². The molecule has 7 nitrogen and oxygen atoms in total. The lowest BCUT2D eigenvalue weighted by Crippen LogP contribution is -2.45. The number of nitrogens with one attached hydrogen (secondary N) is 3. The van der Waals surface area contributed by atoms with Crippen molar-refractivity contribution in [1.82, 2.24) is 20.8 Å². The summed E-state index contributed by atoms with van der Waals surface area (Å²) in [7, 11) is 0. The van der Waals surface area contributed by atoms with E-state index in [9.17, 15) is 9.59 Å². The fraction of sp³-hybridized carbons (Fsp3) is 0.375. The Hall–Kier alpha value is -2.13. The first kappa shape index (κ1) is 19.2.